The minimum Gasteiger partial charge on any atom is -0.465 e. The highest BCUT2D eigenvalue weighted by molar-refractivity contribution is 7.89. The summed E-state index contributed by atoms with van der Waals surface area (Å²) in [4.78, 5) is 25.2. The van der Waals surface area contributed by atoms with Crippen molar-refractivity contribution in [3.63, 3.8) is 0 Å². The second-order valence-electron chi connectivity index (χ2n) is 7.20. The van der Waals surface area contributed by atoms with Crippen molar-refractivity contribution in [1.29, 1.82) is 0 Å². The van der Waals surface area contributed by atoms with Gasteiger partial charge in [0.05, 0.1) is 23.3 Å². The van der Waals surface area contributed by atoms with E-state index in [2.05, 4.69) is 10.0 Å². The van der Waals surface area contributed by atoms with Crippen LogP contribution >= 0.6 is 0 Å². The molecule has 0 saturated heterocycles. The van der Waals surface area contributed by atoms with E-state index in [-0.39, 0.29) is 22.6 Å². The molecule has 1 amide bonds. The zero-order chi connectivity index (χ0) is 23.1. The molecule has 3 rings (SSSR count). The third-order valence-electron chi connectivity index (χ3n) is 4.82. The summed E-state index contributed by atoms with van der Waals surface area (Å²) in [6.45, 7) is 1.86. The van der Waals surface area contributed by atoms with Crippen LogP contribution in [0.25, 0.3) is 0 Å². The number of benzene rings is 3. The van der Waals surface area contributed by atoms with E-state index in [1.165, 1.54) is 25.3 Å². The second-order valence-corrected chi connectivity index (χ2v) is 8.92. The summed E-state index contributed by atoms with van der Waals surface area (Å²) in [7, 11) is -2.72. The summed E-state index contributed by atoms with van der Waals surface area (Å²) in [6.07, 6.45) is 0.123. The first-order valence-corrected chi connectivity index (χ1v) is 11.4. The average molecular weight is 453 g/mol. The summed E-state index contributed by atoms with van der Waals surface area (Å²) < 4.78 is 33.2. The lowest BCUT2D eigenvalue weighted by Gasteiger charge is -2.20. The molecule has 0 heterocycles. The van der Waals surface area contributed by atoms with E-state index in [0.29, 0.717) is 0 Å². The normalized spacial score (nSPS) is 12.1. The van der Waals surface area contributed by atoms with E-state index in [9.17, 15) is 18.0 Å². The predicted molar refractivity (Wildman–Crippen MR) is 122 cm³/mol. The quantitative estimate of drug-likeness (QED) is 0.511. The molecular formula is C24H24N2O5S. The molecule has 0 aliphatic carbocycles. The van der Waals surface area contributed by atoms with Gasteiger partial charge in [-0.05, 0) is 43.2 Å². The number of carbonyl (C=O) groups excluding carboxylic acids is 2. The number of carbonyl (C=O) groups is 2. The molecule has 166 valence electrons. The van der Waals surface area contributed by atoms with Gasteiger partial charge in [0.2, 0.25) is 15.9 Å². The molecule has 1 atom stereocenters. The molecule has 8 heteroatoms. The van der Waals surface area contributed by atoms with Gasteiger partial charge in [0.25, 0.3) is 0 Å². The van der Waals surface area contributed by atoms with E-state index >= 15 is 0 Å². The van der Waals surface area contributed by atoms with E-state index in [1.807, 2.05) is 37.3 Å². The Bertz CT molecular complexity index is 1190. The molecule has 0 aliphatic rings. The molecule has 32 heavy (non-hydrogen) atoms. The summed E-state index contributed by atoms with van der Waals surface area (Å²) in [5.74, 6) is -1.21. The maximum Gasteiger partial charge on any atom is 0.339 e. The van der Waals surface area contributed by atoms with Gasteiger partial charge < -0.3 is 10.1 Å². The first-order valence-electron chi connectivity index (χ1n) is 9.91. The number of para-hydroxylation sites is 1. The Morgan fingerprint density at radius 2 is 1.53 bits per heavy atom. The average Bonchev–Trinajstić information content (AvgIpc) is 2.79. The van der Waals surface area contributed by atoms with Gasteiger partial charge in [0.1, 0.15) is 6.04 Å². The summed E-state index contributed by atoms with van der Waals surface area (Å²) >= 11 is 0. The molecule has 0 radical (unpaired) electrons. The van der Waals surface area contributed by atoms with E-state index in [1.54, 1.807) is 30.3 Å². The fourth-order valence-electron chi connectivity index (χ4n) is 3.11. The van der Waals surface area contributed by atoms with Gasteiger partial charge in [0.15, 0.2) is 0 Å². The third kappa shape index (κ3) is 5.81. The lowest BCUT2D eigenvalue weighted by molar-refractivity contribution is -0.117. The number of hydrogen-bond donors (Lipinski definition) is 2. The zero-order valence-corrected chi connectivity index (χ0v) is 18.6. The lowest BCUT2D eigenvalue weighted by atomic mass is 10.1. The number of sulfonamides is 1. The zero-order valence-electron chi connectivity index (χ0n) is 17.7. The number of aryl methyl sites for hydroxylation is 1. The Morgan fingerprint density at radius 3 is 2.19 bits per heavy atom. The van der Waals surface area contributed by atoms with Crippen molar-refractivity contribution in [2.24, 2.45) is 0 Å². The monoisotopic (exact) mass is 452 g/mol. The van der Waals surface area contributed by atoms with Crippen LogP contribution in [0.3, 0.4) is 0 Å². The van der Waals surface area contributed by atoms with Crippen LogP contribution in [0, 0.1) is 6.92 Å². The molecule has 7 nitrogen and oxygen atoms in total. The maximum absolute atomic E-state index is 13.2. The number of hydrogen-bond acceptors (Lipinski definition) is 5. The van der Waals surface area contributed by atoms with Crippen molar-refractivity contribution in [2.75, 3.05) is 12.4 Å². The standard InChI is InChI=1S/C24H24N2O5S/c1-17-12-14-19(15-13-17)32(29,30)26-22(16-18-8-4-3-5-9-18)23(27)25-21-11-7-6-10-20(21)24(28)31-2/h3-15,22,26H,16H2,1-2H3,(H,25,27)/t22-/m1/s1. The first kappa shape index (κ1) is 23.2. The van der Waals surface area contributed by atoms with Gasteiger partial charge in [0, 0.05) is 0 Å². The highest BCUT2D eigenvalue weighted by Crippen LogP contribution is 2.18. The van der Waals surface area contributed by atoms with E-state index in [0.717, 1.165) is 11.1 Å². The number of nitrogens with one attached hydrogen (secondary N) is 2. The van der Waals surface area contributed by atoms with Crippen LogP contribution in [-0.2, 0) is 26.0 Å². The Hall–Kier alpha value is -3.49. The summed E-state index contributed by atoms with van der Waals surface area (Å²) in [5.41, 5.74) is 2.10. The van der Waals surface area contributed by atoms with Crippen molar-refractivity contribution in [3.05, 3.63) is 95.6 Å². The van der Waals surface area contributed by atoms with Crippen molar-refractivity contribution in [3.8, 4) is 0 Å². The van der Waals surface area contributed by atoms with Gasteiger partial charge >= 0.3 is 5.97 Å². The SMILES string of the molecule is COC(=O)c1ccccc1NC(=O)[C@@H](Cc1ccccc1)NS(=O)(=O)c1ccc(C)cc1. The number of anilines is 1. The first-order chi connectivity index (χ1) is 15.3. The molecule has 0 fully saturated rings. The molecule has 3 aromatic rings. The Kier molecular flexibility index (Phi) is 7.40. The number of ether oxygens (including phenoxy) is 1. The highest BCUT2D eigenvalue weighted by atomic mass is 32.2. The largest absolute Gasteiger partial charge is 0.465 e. The van der Waals surface area contributed by atoms with Gasteiger partial charge in [-0.15, -0.1) is 0 Å². The number of methoxy groups -OCH3 is 1. The molecule has 2 N–H and O–H groups in total. The van der Waals surface area contributed by atoms with Crippen LogP contribution < -0.4 is 10.0 Å². The van der Waals surface area contributed by atoms with Crippen molar-refractivity contribution in [1.82, 2.24) is 4.72 Å². The van der Waals surface area contributed by atoms with E-state index in [4.69, 9.17) is 4.74 Å². The number of amides is 1. The molecule has 0 spiro atoms. The summed E-state index contributed by atoms with van der Waals surface area (Å²) in [6, 6.07) is 20.7. The van der Waals surface area contributed by atoms with Crippen LogP contribution in [0.15, 0.2) is 83.8 Å². The van der Waals surface area contributed by atoms with Gasteiger partial charge in [-0.3, -0.25) is 4.79 Å². The molecule has 0 aliphatic heterocycles. The van der Waals surface area contributed by atoms with Gasteiger partial charge in [-0.25, -0.2) is 13.2 Å². The molecular weight excluding hydrogens is 428 g/mol. The van der Waals surface area contributed by atoms with E-state index < -0.39 is 27.9 Å². The Labute approximate surface area is 187 Å². The molecule has 0 saturated carbocycles. The minimum absolute atomic E-state index is 0.0592. The third-order valence-corrected chi connectivity index (χ3v) is 6.31. The van der Waals surface area contributed by atoms with Crippen LogP contribution in [0.4, 0.5) is 5.69 Å². The highest BCUT2D eigenvalue weighted by Gasteiger charge is 2.27. The second kappa shape index (κ2) is 10.2. The smallest absolute Gasteiger partial charge is 0.339 e. The predicted octanol–water partition coefficient (Wildman–Crippen LogP) is 3.31. The van der Waals surface area contributed by atoms with Crippen molar-refractivity contribution in [2.45, 2.75) is 24.3 Å². The molecule has 3 aromatic carbocycles. The molecule has 0 aromatic heterocycles. The molecule has 0 bridgehead atoms. The van der Waals surface area contributed by atoms with Crippen LogP contribution in [0.5, 0.6) is 0 Å². The fraction of sp³-hybridized carbons (Fsp3) is 0.167. The topological polar surface area (TPSA) is 102 Å². The van der Waals surface area contributed by atoms with Crippen LogP contribution in [0.2, 0.25) is 0 Å². The van der Waals surface area contributed by atoms with Crippen molar-refractivity contribution >= 4 is 27.6 Å². The van der Waals surface area contributed by atoms with Gasteiger partial charge in [-0.1, -0.05) is 60.2 Å². The Morgan fingerprint density at radius 1 is 0.906 bits per heavy atom. The fourth-order valence-corrected chi connectivity index (χ4v) is 4.31. The minimum atomic E-state index is -3.97. The lowest BCUT2D eigenvalue weighted by Crippen LogP contribution is -2.45. The molecule has 0 unspecified atom stereocenters. The Balaban J connectivity index is 1.90. The van der Waals surface area contributed by atoms with Gasteiger partial charge in [-0.2, -0.15) is 4.72 Å². The number of rotatable bonds is 8. The van der Waals surface area contributed by atoms with Crippen LogP contribution in [-0.4, -0.2) is 33.4 Å². The summed E-state index contributed by atoms with van der Waals surface area (Å²) in [5, 5.41) is 2.66. The maximum atomic E-state index is 13.2. The number of esters is 1. The van der Waals surface area contributed by atoms with Crippen molar-refractivity contribution < 1.29 is 22.7 Å². The van der Waals surface area contributed by atoms with Crippen LogP contribution in [0.1, 0.15) is 21.5 Å².